The molecule has 29 heavy (non-hydrogen) atoms. The van der Waals surface area contributed by atoms with Crippen LogP contribution in [0.5, 0.6) is 0 Å². The average molecular weight is 394 g/mol. The second-order valence-corrected chi connectivity index (χ2v) is 7.08. The van der Waals surface area contributed by atoms with E-state index in [1.54, 1.807) is 17.4 Å². The number of hydrogen-bond donors (Lipinski definition) is 1. The minimum atomic E-state index is -0.601. The molecule has 0 aliphatic carbocycles. The number of piperidine rings is 1. The predicted octanol–water partition coefficient (Wildman–Crippen LogP) is 2.07. The lowest BCUT2D eigenvalue weighted by Crippen LogP contribution is -2.43. The Kier molecular flexibility index (Phi) is 6.54. The van der Waals surface area contributed by atoms with E-state index >= 15 is 0 Å². The number of carbonyl (C=O) groups excluding carboxylic acids is 2. The molecule has 0 bridgehead atoms. The van der Waals surface area contributed by atoms with Gasteiger partial charge < -0.3 is 10.6 Å². The summed E-state index contributed by atoms with van der Waals surface area (Å²) in [7, 11) is 0. The fourth-order valence-corrected chi connectivity index (χ4v) is 3.49. The summed E-state index contributed by atoms with van der Waals surface area (Å²) in [5.74, 6) is 0.0324. The maximum absolute atomic E-state index is 13.0. The van der Waals surface area contributed by atoms with Gasteiger partial charge in [-0.05, 0) is 25.3 Å². The van der Waals surface area contributed by atoms with Crippen LogP contribution in [0.25, 0.3) is 0 Å². The van der Waals surface area contributed by atoms with E-state index in [0.717, 1.165) is 5.57 Å². The summed E-state index contributed by atoms with van der Waals surface area (Å²) < 4.78 is 0. The zero-order chi connectivity index (χ0) is 20.8. The summed E-state index contributed by atoms with van der Waals surface area (Å²) in [6.45, 7) is 7.43. The zero-order valence-electron chi connectivity index (χ0n) is 16.6. The lowest BCUT2D eigenvalue weighted by molar-refractivity contribution is -0.137. The molecule has 1 fully saturated rings. The first-order chi connectivity index (χ1) is 14.0. The Bertz CT molecular complexity index is 850. The molecule has 3 heterocycles. The molecule has 0 radical (unpaired) electrons. The number of primary amides is 1. The van der Waals surface area contributed by atoms with Crippen LogP contribution in [0, 0.1) is 5.92 Å². The van der Waals surface area contributed by atoms with Gasteiger partial charge in [0.15, 0.2) is 0 Å². The number of nitrogens with zero attached hydrogens (tertiary/aromatic N) is 5. The largest absolute Gasteiger partial charge is 0.364 e. The van der Waals surface area contributed by atoms with E-state index in [1.165, 1.54) is 6.20 Å². The number of rotatable bonds is 6. The number of hydrazone groups is 1. The number of anilines is 1. The zero-order valence-corrected chi connectivity index (χ0v) is 16.6. The van der Waals surface area contributed by atoms with Gasteiger partial charge in [-0.3, -0.25) is 9.59 Å². The summed E-state index contributed by atoms with van der Waals surface area (Å²) in [6.07, 6.45) is 14.5. The molecule has 3 rings (SSSR count). The van der Waals surface area contributed by atoms with Crippen LogP contribution in [0.2, 0.25) is 0 Å². The summed E-state index contributed by atoms with van der Waals surface area (Å²) in [5.41, 5.74) is 6.21. The van der Waals surface area contributed by atoms with E-state index in [-0.39, 0.29) is 23.6 Å². The molecule has 1 atom stereocenters. The van der Waals surface area contributed by atoms with Crippen molar-refractivity contribution >= 4 is 23.8 Å². The molecule has 0 saturated carbocycles. The third-order valence-corrected chi connectivity index (χ3v) is 5.16. The predicted molar refractivity (Wildman–Crippen MR) is 112 cm³/mol. The fourth-order valence-electron chi connectivity index (χ4n) is 3.49. The van der Waals surface area contributed by atoms with Crippen LogP contribution in [0.1, 0.15) is 36.7 Å². The van der Waals surface area contributed by atoms with Gasteiger partial charge in [-0.15, -0.1) is 0 Å². The summed E-state index contributed by atoms with van der Waals surface area (Å²) >= 11 is 0. The number of allylic oxidation sites excluding steroid dienone is 3. The maximum Gasteiger partial charge on any atom is 0.268 e. The second kappa shape index (κ2) is 9.27. The van der Waals surface area contributed by atoms with Crippen molar-refractivity contribution in [1.82, 2.24) is 15.0 Å². The van der Waals surface area contributed by atoms with E-state index < -0.39 is 5.91 Å². The molecule has 152 valence electrons. The Morgan fingerprint density at radius 2 is 1.97 bits per heavy atom. The van der Waals surface area contributed by atoms with Crippen molar-refractivity contribution in [3.63, 3.8) is 0 Å². The van der Waals surface area contributed by atoms with Crippen LogP contribution in [0.4, 0.5) is 5.82 Å². The van der Waals surface area contributed by atoms with Gasteiger partial charge in [-0.1, -0.05) is 30.9 Å². The van der Waals surface area contributed by atoms with Crippen molar-refractivity contribution in [3.05, 3.63) is 54.5 Å². The molecule has 8 nitrogen and oxygen atoms in total. The molecular formula is C21H26N6O2. The molecule has 0 spiro atoms. The fraction of sp³-hybridized carbons (Fsp3) is 0.381. The average Bonchev–Trinajstić information content (AvgIpc) is 3.23. The van der Waals surface area contributed by atoms with Gasteiger partial charge in [0.05, 0.1) is 18.4 Å². The molecule has 0 unspecified atom stereocenters. The lowest BCUT2D eigenvalue weighted by atomic mass is 9.94. The van der Waals surface area contributed by atoms with Crippen molar-refractivity contribution in [1.29, 1.82) is 0 Å². The first-order valence-electron chi connectivity index (χ1n) is 9.71. The quantitative estimate of drug-likeness (QED) is 0.744. The van der Waals surface area contributed by atoms with Crippen LogP contribution in [0.3, 0.4) is 0 Å². The SMILES string of the molecule is C=C(/C=C\C=C/C)[C@@H]1CC=NN1C(=O)C1CCN(c2cnc(C(N)=O)cn2)CC1. The molecule has 2 amide bonds. The number of aromatic nitrogens is 2. The highest BCUT2D eigenvalue weighted by Gasteiger charge is 2.34. The second-order valence-electron chi connectivity index (χ2n) is 7.08. The third-order valence-electron chi connectivity index (χ3n) is 5.16. The number of nitrogens with two attached hydrogens (primary N) is 1. The van der Waals surface area contributed by atoms with Crippen molar-refractivity contribution in [2.75, 3.05) is 18.0 Å². The standard InChI is InChI=1S/C21H26N6O2/c1-3-4-5-6-15(2)18-7-10-25-27(18)21(29)16-8-11-26(12-9-16)19-14-23-17(13-24-19)20(22)28/h3-6,10,13-14,16,18H,2,7-9,11-12H2,1H3,(H2,22,28)/b4-3-,6-5-/t18-/m0/s1. The van der Waals surface area contributed by atoms with E-state index in [4.69, 9.17) is 5.73 Å². The molecule has 0 aromatic carbocycles. The third kappa shape index (κ3) is 4.77. The van der Waals surface area contributed by atoms with Gasteiger partial charge in [-0.2, -0.15) is 5.10 Å². The smallest absolute Gasteiger partial charge is 0.268 e. The Balaban J connectivity index is 1.58. The van der Waals surface area contributed by atoms with Gasteiger partial charge in [-0.25, -0.2) is 15.0 Å². The topological polar surface area (TPSA) is 105 Å². The minimum absolute atomic E-state index is 0.0409. The highest BCUT2D eigenvalue weighted by molar-refractivity contribution is 5.90. The van der Waals surface area contributed by atoms with Gasteiger partial charge in [0.1, 0.15) is 11.5 Å². The van der Waals surface area contributed by atoms with E-state index in [0.29, 0.717) is 38.2 Å². The van der Waals surface area contributed by atoms with Crippen molar-refractivity contribution in [2.24, 2.45) is 16.8 Å². The Hall–Kier alpha value is -3.29. The van der Waals surface area contributed by atoms with Gasteiger partial charge >= 0.3 is 0 Å². The summed E-state index contributed by atoms with van der Waals surface area (Å²) in [4.78, 5) is 34.5. The van der Waals surface area contributed by atoms with E-state index in [9.17, 15) is 9.59 Å². The van der Waals surface area contributed by atoms with E-state index in [1.807, 2.05) is 31.2 Å². The number of hydrogen-bond acceptors (Lipinski definition) is 6. The number of amides is 2. The molecular weight excluding hydrogens is 368 g/mol. The first-order valence-corrected chi connectivity index (χ1v) is 9.71. The Labute approximate surface area is 170 Å². The van der Waals surface area contributed by atoms with Gasteiger partial charge in [0, 0.05) is 31.6 Å². The normalized spacial score (nSPS) is 20.1. The Morgan fingerprint density at radius 1 is 1.21 bits per heavy atom. The van der Waals surface area contributed by atoms with Crippen molar-refractivity contribution in [2.45, 2.75) is 32.2 Å². The highest BCUT2D eigenvalue weighted by atomic mass is 16.2. The van der Waals surface area contributed by atoms with Crippen LogP contribution in [-0.4, -0.2) is 52.1 Å². The van der Waals surface area contributed by atoms with Crippen molar-refractivity contribution in [3.8, 4) is 0 Å². The van der Waals surface area contributed by atoms with Gasteiger partial charge in [0.25, 0.3) is 5.91 Å². The highest BCUT2D eigenvalue weighted by Crippen LogP contribution is 2.27. The number of carbonyl (C=O) groups is 2. The Morgan fingerprint density at radius 3 is 2.59 bits per heavy atom. The summed E-state index contributed by atoms with van der Waals surface area (Å²) in [5, 5.41) is 5.90. The minimum Gasteiger partial charge on any atom is -0.364 e. The van der Waals surface area contributed by atoms with Crippen LogP contribution < -0.4 is 10.6 Å². The molecule has 2 aliphatic rings. The molecule has 1 aromatic heterocycles. The van der Waals surface area contributed by atoms with Crippen LogP contribution in [-0.2, 0) is 4.79 Å². The molecule has 1 aromatic rings. The van der Waals surface area contributed by atoms with Crippen LogP contribution in [0.15, 0.2) is 54.0 Å². The summed E-state index contributed by atoms with van der Waals surface area (Å²) in [6, 6.07) is -0.116. The molecule has 2 N–H and O–H groups in total. The molecule has 1 saturated heterocycles. The molecule has 2 aliphatic heterocycles. The first kappa shape index (κ1) is 20.4. The van der Waals surface area contributed by atoms with Crippen molar-refractivity contribution < 1.29 is 9.59 Å². The molecule has 8 heteroatoms. The maximum atomic E-state index is 13.0. The van der Waals surface area contributed by atoms with Crippen LogP contribution >= 0.6 is 0 Å². The van der Waals surface area contributed by atoms with E-state index in [2.05, 4.69) is 26.5 Å². The monoisotopic (exact) mass is 394 g/mol. The van der Waals surface area contributed by atoms with Gasteiger partial charge in [0.2, 0.25) is 5.91 Å². The lowest BCUT2D eigenvalue weighted by Gasteiger charge is -2.34.